The predicted octanol–water partition coefficient (Wildman–Crippen LogP) is 2.94. The summed E-state index contributed by atoms with van der Waals surface area (Å²) >= 11 is 0. The van der Waals surface area contributed by atoms with Gasteiger partial charge < -0.3 is 10.1 Å². The van der Waals surface area contributed by atoms with Crippen LogP contribution in [0.2, 0.25) is 0 Å². The number of nitrogens with zero attached hydrogens (tertiary/aromatic N) is 3. The highest BCUT2D eigenvalue weighted by Gasteiger charge is 2.29. The van der Waals surface area contributed by atoms with Crippen molar-refractivity contribution >= 4 is 21.9 Å². The van der Waals surface area contributed by atoms with E-state index in [1.54, 1.807) is 10.7 Å². The monoisotopic (exact) mass is 513 g/mol. The van der Waals surface area contributed by atoms with E-state index < -0.39 is 40.0 Å². The van der Waals surface area contributed by atoms with Crippen molar-refractivity contribution in [2.24, 2.45) is 5.41 Å². The second kappa shape index (κ2) is 11.4. The first-order valence-electron chi connectivity index (χ1n) is 11.4. The number of carbonyl (C=O) groups excluding carboxylic acids is 2. The van der Waals surface area contributed by atoms with Crippen LogP contribution in [0.5, 0.6) is 0 Å². The van der Waals surface area contributed by atoms with E-state index in [-0.39, 0.29) is 11.6 Å². The molecular weight excluding hydrogens is 482 g/mol. The lowest BCUT2D eigenvalue weighted by Gasteiger charge is -2.30. The van der Waals surface area contributed by atoms with Gasteiger partial charge in [0, 0.05) is 23.4 Å². The number of hydrogen-bond donors (Lipinski definition) is 2. The van der Waals surface area contributed by atoms with Gasteiger partial charge in [0.05, 0.1) is 25.3 Å². The summed E-state index contributed by atoms with van der Waals surface area (Å²) in [6, 6.07) is 14.4. The highest BCUT2D eigenvalue weighted by molar-refractivity contribution is 7.89. The molecular formula is C25H31N5O5S. The standard InChI is InChI=1S/C25H31N5O5S/c1-18-8-10-19(11-9-18)21-12-14-30(29-21)17-22(25(2,3)4)35-24(32)27-15-20(31)16-28-36(33,34)23-7-5-6-13-26-23/h5-14,22,28H,15-17H2,1-4H3,(H,27,32)/t22-/m1/s1. The minimum atomic E-state index is -3.92. The largest absolute Gasteiger partial charge is 0.444 e. The Kier molecular flexibility index (Phi) is 8.59. The van der Waals surface area contributed by atoms with Crippen LogP contribution in [0.15, 0.2) is 66.0 Å². The topological polar surface area (TPSA) is 132 Å². The molecule has 1 atom stereocenters. The Morgan fingerprint density at radius 2 is 1.78 bits per heavy atom. The second-order valence-corrected chi connectivity index (χ2v) is 11.1. The summed E-state index contributed by atoms with van der Waals surface area (Å²) < 4.78 is 33.8. The van der Waals surface area contributed by atoms with E-state index in [0.29, 0.717) is 6.54 Å². The molecule has 0 aliphatic carbocycles. The minimum Gasteiger partial charge on any atom is -0.444 e. The van der Waals surface area contributed by atoms with Crippen molar-refractivity contribution in [1.29, 1.82) is 0 Å². The molecule has 2 heterocycles. The number of nitrogens with one attached hydrogen (secondary N) is 2. The Hall–Kier alpha value is -3.57. The molecule has 0 fully saturated rings. The molecule has 2 N–H and O–H groups in total. The molecule has 0 radical (unpaired) electrons. The number of sulfonamides is 1. The van der Waals surface area contributed by atoms with Crippen LogP contribution in [0.3, 0.4) is 0 Å². The predicted molar refractivity (Wildman–Crippen MR) is 135 cm³/mol. The van der Waals surface area contributed by atoms with E-state index >= 15 is 0 Å². The molecule has 0 saturated carbocycles. The molecule has 2 aromatic heterocycles. The normalized spacial score (nSPS) is 12.7. The maximum atomic E-state index is 12.4. The van der Waals surface area contributed by atoms with Gasteiger partial charge in [0.2, 0.25) is 0 Å². The fourth-order valence-corrected chi connectivity index (χ4v) is 4.12. The van der Waals surface area contributed by atoms with Gasteiger partial charge in [-0.15, -0.1) is 0 Å². The van der Waals surface area contributed by atoms with E-state index in [2.05, 4.69) is 20.1 Å². The Bertz CT molecular complexity index is 1280. The number of ketones is 1. The molecule has 0 saturated heterocycles. The van der Waals surface area contributed by atoms with Crippen molar-refractivity contribution in [2.45, 2.75) is 45.4 Å². The number of hydrogen-bond acceptors (Lipinski definition) is 7. The molecule has 10 nitrogen and oxygen atoms in total. The number of rotatable bonds is 10. The summed E-state index contributed by atoms with van der Waals surface area (Å²) in [7, 11) is -3.92. The van der Waals surface area contributed by atoms with E-state index in [4.69, 9.17) is 4.74 Å². The lowest BCUT2D eigenvalue weighted by atomic mass is 9.89. The van der Waals surface area contributed by atoms with Gasteiger partial charge in [-0.3, -0.25) is 9.48 Å². The Morgan fingerprint density at radius 3 is 2.42 bits per heavy atom. The van der Waals surface area contributed by atoms with Crippen molar-refractivity contribution in [3.8, 4) is 11.3 Å². The lowest BCUT2D eigenvalue weighted by molar-refractivity contribution is -0.117. The minimum absolute atomic E-state index is 0.192. The zero-order valence-corrected chi connectivity index (χ0v) is 21.6. The van der Waals surface area contributed by atoms with Gasteiger partial charge >= 0.3 is 6.09 Å². The first-order chi connectivity index (χ1) is 16.9. The fraction of sp³-hybridized carbons (Fsp3) is 0.360. The van der Waals surface area contributed by atoms with Crippen molar-refractivity contribution in [1.82, 2.24) is 24.8 Å². The summed E-state index contributed by atoms with van der Waals surface area (Å²) in [5.41, 5.74) is 2.55. The molecule has 192 valence electrons. The van der Waals surface area contributed by atoms with Crippen molar-refractivity contribution in [3.05, 3.63) is 66.5 Å². The zero-order valence-electron chi connectivity index (χ0n) is 20.8. The number of pyridine rings is 1. The molecule has 36 heavy (non-hydrogen) atoms. The van der Waals surface area contributed by atoms with Gasteiger partial charge in [-0.2, -0.15) is 5.10 Å². The SMILES string of the molecule is Cc1ccc(-c2ccn(C[C@@H](OC(=O)NCC(=O)CNS(=O)(=O)c3ccccn3)C(C)(C)C)n2)cc1. The summed E-state index contributed by atoms with van der Waals surface area (Å²) in [4.78, 5) is 28.3. The highest BCUT2D eigenvalue weighted by atomic mass is 32.2. The smallest absolute Gasteiger partial charge is 0.407 e. The van der Waals surface area contributed by atoms with Crippen LogP contribution in [0.25, 0.3) is 11.3 Å². The first kappa shape index (κ1) is 27.0. The summed E-state index contributed by atoms with van der Waals surface area (Å²) in [5, 5.41) is 6.80. The molecule has 11 heteroatoms. The van der Waals surface area contributed by atoms with Crippen LogP contribution in [0.4, 0.5) is 4.79 Å². The lowest BCUT2D eigenvalue weighted by Crippen LogP contribution is -2.41. The number of aryl methyl sites for hydroxylation is 1. The average Bonchev–Trinajstić information content (AvgIpc) is 3.30. The third-order valence-corrected chi connectivity index (χ3v) is 6.67. The van der Waals surface area contributed by atoms with E-state index in [9.17, 15) is 18.0 Å². The van der Waals surface area contributed by atoms with Crippen LogP contribution < -0.4 is 10.0 Å². The van der Waals surface area contributed by atoms with Gasteiger partial charge in [0.1, 0.15) is 6.10 Å². The number of benzene rings is 1. The molecule has 3 aromatic rings. The number of alkyl carbamates (subject to hydrolysis) is 1. The first-order valence-corrected chi connectivity index (χ1v) is 12.9. The number of carbonyl (C=O) groups is 2. The van der Waals surface area contributed by atoms with Gasteiger partial charge in [-0.25, -0.2) is 22.9 Å². The summed E-state index contributed by atoms with van der Waals surface area (Å²) in [6.45, 7) is 7.27. The molecule has 0 bridgehead atoms. The Balaban J connectivity index is 1.52. The van der Waals surface area contributed by atoms with E-state index in [0.717, 1.165) is 16.8 Å². The number of ether oxygens (including phenoxy) is 1. The van der Waals surface area contributed by atoms with Gasteiger partial charge in [-0.1, -0.05) is 56.7 Å². The summed E-state index contributed by atoms with van der Waals surface area (Å²) in [6.07, 6.45) is 1.85. The second-order valence-electron chi connectivity index (χ2n) is 9.43. The van der Waals surface area contributed by atoms with Crippen molar-refractivity contribution in [2.75, 3.05) is 13.1 Å². The molecule has 0 aliphatic heterocycles. The Labute approximate surface area is 211 Å². The quantitative estimate of drug-likeness (QED) is 0.426. The van der Waals surface area contributed by atoms with Crippen molar-refractivity contribution < 1.29 is 22.7 Å². The van der Waals surface area contributed by atoms with Crippen LogP contribution in [-0.4, -0.2) is 54.3 Å². The fourth-order valence-electron chi connectivity index (χ4n) is 3.16. The average molecular weight is 514 g/mol. The molecule has 1 aromatic carbocycles. The number of Topliss-reactive ketones (excluding diaryl/α,β-unsaturated/α-hetero) is 1. The maximum Gasteiger partial charge on any atom is 0.407 e. The van der Waals surface area contributed by atoms with Crippen LogP contribution in [-0.2, 0) is 26.1 Å². The summed E-state index contributed by atoms with van der Waals surface area (Å²) in [5.74, 6) is -0.534. The molecule has 1 amide bonds. The van der Waals surface area contributed by atoms with E-state index in [1.165, 1.54) is 18.3 Å². The number of aromatic nitrogens is 3. The van der Waals surface area contributed by atoms with Crippen LogP contribution in [0.1, 0.15) is 26.3 Å². The van der Waals surface area contributed by atoms with Gasteiger partial charge in [-0.05, 0) is 25.1 Å². The molecule has 0 spiro atoms. The number of amides is 1. The molecule has 0 aliphatic rings. The third-order valence-electron chi connectivity index (χ3n) is 5.36. The molecule has 3 rings (SSSR count). The van der Waals surface area contributed by atoms with Crippen LogP contribution >= 0.6 is 0 Å². The van der Waals surface area contributed by atoms with E-state index in [1.807, 2.05) is 64.2 Å². The van der Waals surface area contributed by atoms with Gasteiger partial charge in [0.15, 0.2) is 10.8 Å². The third kappa shape index (κ3) is 7.72. The van der Waals surface area contributed by atoms with Gasteiger partial charge in [0.25, 0.3) is 10.0 Å². The molecule has 0 unspecified atom stereocenters. The highest BCUT2D eigenvalue weighted by Crippen LogP contribution is 2.25. The van der Waals surface area contributed by atoms with Crippen LogP contribution in [0, 0.1) is 12.3 Å². The zero-order chi connectivity index (χ0) is 26.3. The Morgan fingerprint density at radius 1 is 1.06 bits per heavy atom. The maximum absolute atomic E-state index is 12.4. The van der Waals surface area contributed by atoms with Crippen molar-refractivity contribution in [3.63, 3.8) is 0 Å².